The molecule has 2 aromatic carbocycles. The van der Waals surface area contributed by atoms with Gasteiger partial charge in [0, 0.05) is 16.4 Å². The zero-order valence-electron chi connectivity index (χ0n) is 16.2. The first-order valence-electron chi connectivity index (χ1n) is 8.91. The third kappa shape index (κ3) is 5.68. The molecule has 0 fully saturated rings. The number of nitrogens with zero attached hydrogens (tertiary/aromatic N) is 2. The first-order valence-corrected chi connectivity index (χ1v) is 11.7. The van der Waals surface area contributed by atoms with Gasteiger partial charge in [-0.05, 0) is 29.8 Å². The van der Waals surface area contributed by atoms with E-state index in [9.17, 15) is 13.2 Å². The van der Waals surface area contributed by atoms with Gasteiger partial charge in [0.15, 0.2) is 9.84 Å². The lowest BCUT2D eigenvalue weighted by Gasteiger charge is -2.06. The average Bonchev–Trinajstić information content (AvgIpc) is 3.09. The van der Waals surface area contributed by atoms with Gasteiger partial charge in [0.05, 0.1) is 16.9 Å². The summed E-state index contributed by atoms with van der Waals surface area (Å²) in [6.45, 7) is 4.28. The van der Waals surface area contributed by atoms with Crippen molar-refractivity contribution in [1.29, 1.82) is 0 Å². The summed E-state index contributed by atoms with van der Waals surface area (Å²) in [6, 6.07) is 13.9. The number of sulfone groups is 1. The number of aromatic nitrogens is 2. The Morgan fingerprint density at radius 2 is 1.79 bits per heavy atom. The number of nitrogens with one attached hydrogen (secondary N) is 1. The van der Waals surface area contributed by atoms with Crippen molar-refractivity contribution < 1.29 is 17.6 Å². The molecule has 9 heteroatoms. The molecular formula is C20H21N3O4S2. The van der Waals surface area contributed by atoms with E-state index in [-0.39, 0.29) is 16.5 Å². The second-order valence-corrected chi connectivity index (χ2v) is 10.3. The number of carbonyl (C=O) groups excluding carboxylic acids is 1. The summed E-state index contributed by atoms with van der Waals surface area (Å²) in [4.78, 5) is 13.6. The lowest BCUT2D eigenvalue weighted by atomic mass is 10.1. The van der Waals surface area contributed by atoms with E-state index >= 15 is 0 Å². The fraction of sp³-hybridized carbons (Fsp3) is 0.250. The molecule has 3 rings (SSSR count). The van der Waals surface area contributed by atoms with Gasteiger partial charge in [-0.15, -0.1) is 16.9 Å². The first kappa shape index (κ1) is 21.1. The lowest BCUT2D eigenvalue weighted by molar-refractivity contribution is 0.102. The van der Waals surface area contributed by atoms with Crippen LogP contribution in [0, 0.1) is 0 Å². The number of thioether (sulfide) groups is 1. The van der Waals surface area contributed by atoms with Gasteiger partial charge in [-0.2, -0.15) is 0 Å². The molecule has 0 saturated heterocycles. The predicted octanol–water partition coefficient (Wildman–Crippen LogP) is 3.82. The standard InChI is InChI=1S/C20H21N3O4S2/c1-13(2)28-15-10-8-14(9-11-15)12-18-22-23-20(27-18)21-19(24)16-6-4-5-7-17(16)29(3,25)26/h4-11,13H,12H2,1-3H3,(H,21,23,24). The molecule has 0 bridgehead atoms. The summed E-state index contributed by atoms with van der Waals surface area (Å²) in [7, 11) is -3.55. The minimum Gasteiger partial charge on any atom is -0.407 e. The van der Waals surface area contributed by atoms with Gasteiger partial charge in [0.1, 0.15) is 0 Å². The Morgan fingerprint density at radius 1 is 1.10 bits per heavy atom. The van der Waals surface area contributed by atoms with Crippen LogP contribution in [0.1, 0.15) is 35.7 Å². The molecule has 0 unspecified atom stereocenters. The molecule has 29 heavy (non-hydrogen) atoms. The van der Waals surface area contributed by atoms with Gasteiger partial charge in [-0.25, -0.2) is 8.42 Å². The van der Waals surface area contributed by atoms with E-state index in [1.54, 1.807) is 23.9 Å². The minimum absolute atomic E-state index is 0.0213. The van der Waals surface area contributed by atoms with E-state index in [0.29, 0.717) is 17.6 Å². The quantitative estimate of drug-likeness (QED) is 0.567. The van der Waals surface area contributed by atoms with E-state index in [1.807, 2.05) is 24.3 Å². The van der Waals surface area contributed by atoms with Gasteiger partial charge in [0.2, 0.25) is 5.89 Å². The molecule has 7 nitrogen and oxygen atoms in total. The smallest absolute Gasteiger partial charge is 0.322 e. The topological polar surface area (TPSA) is 102 Å². The maximum Gasteiger partial charge on any atom is 0.322 e. The predicted molar refractivity (Wildman–Crippen MR) is 112 cm³/mol. The molecule has 3 aromatic rings. The highest BCUT2D eigenvalue weighted by atomic mass is 32.2. The molecule has 152 valence electrons. The van der Waals surface area contributed by atoms with Crippen LogP contribution < -0.4 is 5.32 Å². The second kappa shape index (κ2) is 8.79. The van der Waals surface area contributed by atoms with Crippen molar-refractivity contribution in [2.45, 2.75) is 35.3 Å². The number of carbonyl (C=O) groups is 1. The summed E-state index contributed by atoms with van der Waals surface area (Å²) in [5, 5.41) is 10.7. The molecular weight excluding hydrogens is 410 g/mol. The van der Waals surface area contributed by atoms with Crippen LogP contribution in [0.2, 0.25) is 0 Å². The Bertz CT molecular complexity index is 1110. The van der Waals surface area contributed by atoms with Crippen molar-refractivity contribution >= 4 is 33.5 Å². The van der Waals surface area contributed by atoms with Gasteiger partial charge >= 0.3 is 6.01 Å². The highest BCUT2D eigenvalue weighted by molar-refractivity contribution is 7.99. The maximum atomic E-state index is 12.5. The van der Waals surface area contributed by atoms with Crippen LogP contribution in [-0.2, 0) is 16.3 Å². The van der Waals surface area contributed by atoms with Gasteiger partial charge in [-0.1, -0.05) is 43.2 Å². The fourth-order valence-corrected chi connectivity index (χ4v) is 4.37. The van der Waals surface area contributed by atoms with E-state index in [0.717, 1.165) is 11.8 Å². The summed E-state index contributed by atoms with van der Waals surface area (Å²) >= 11 is 1.78. The number of rotatable bonds is 7. The molecule has 0 saturated carbocycles. The van der Waals surface area contributed by atoms with E-state index in [1.165, 1.54) is 17.0 Å². The number of amides is 1. The first-order chi connectivity index (χ1) is 13.7. The summed E-state index contributed by atoms with van der Waals surface area (Å²) in [6.07, 6.45) is 1.48. The van der Waals surface area contributed by atoms with Crippen LogP contribution in [0.5, 0.6) is 0 Å². The number of benzene rings is 2. The Morgan fingerprint density at radius 3 is 2.45 bits per heavy atom. The molecule has 0 spiro atoms. The second-order valence-electron chi connectivity index (χ2n) is 6.71. The molecule has 0 aliphatic rings. The van der Waals surface area contributed by atoms with E-state index in [2.05, 4.69) is 29.4 Å². The largest absolute Gasteiger partial charge is 0.407 e. The Balaban J connectivity index is 1.69. The van der Waals surface area contributed by atoms with Crippen LogP contribution in [0.25, 0.3) is 0 Å². The van der Waals surface area contributed by atoms with Crippen molar-refractivity contribution in [1.82, 2.24) is 10.2 Å². The fourth-order valence-electron chi connectivity index (χ4n) is 2.65. The van der Waals surface area contributed by atoms with Crippen molar-refractivity contribution in [3.63, 3.8) is 0 Å². The normalized spacial score (nSPS) is 11.6. The monoisotopic (exact) mass is 431 g/mol. The summed E-state index contributed by atoms with van der Waals surface area (Å²) in [5.41, 5.74) is 1.02. The Labute approximate surface area is 173 Å². The zero-order chi connectivity index (χ0) is 21.0. The number of anilines is 1. The molecule has 0 radical (unpaired) electrons. The van der Waals surface area contributed by atoms with E-state index < -0.39 is 15.7 Å². The molecule has 1 N–H and O–H groups in total. The molecule has 1 heterocycles. The molecule has 0 atom stereocenters. The number of hydrogen-bond acceptors (Lipinski definition) is 7. The van der Waals surface area contributed by atoms with Crippen molar-refractivity contribution in [3.8, 4) is 0 Å². The lowest BCUT2D eigenvalue weighted by Crippen LogP contribution is -2.16. The molecule has 1 aromatic heterocycles. The Hall–Kier alpha value is -2.65. The van der Waals surface area contributed by atoms with Crippen LogP contribution in [0.15, 0.2) is 62.7 Å². The summed E-state index contributed by atoms with van der Waals surface area (Å²) in [5.74, 6) is -0.280. The maximum absolute atomic E-state index is 12.5. The average molecular weight is 432 g/mol. The highest BCUT2D eigenvalue weighted by Gasteiger charge is 2.20. The van der Waals surface area contributed by atoms with Crippen LogP contribution in [-0.4, -0.2) is 36.0 Å². The minimum atomic E-state index is -3.55. The third-order valence-electron chi connectivity index (χ3n) is 3.87. The molecule has 0 aliphatic heterocycles. The molecule has 0 aliphatic carbocycles. The van der Waals surface area contributed by atoms with Crippen LogP contribution >= 0.6 is 11.8 Å². The number of hydrogen-bond donors (Lipinski definition) is 1. The molecule has 1 amide bonds. The Kier molecular flexibility index (Phi) is 6.39. The van der Waals surface area contributed by atoms with Crippen molar-refractivity contribution in [2.75, 3.05) is 11.6 Å². The summed E-state index contributed by atoms with van der Waals surface area (Å²) < 4.78 is 29.2. The van der Waals surface area contributed by atoms with Gasteiger partial charge in [0.25, 0.3) is 5.91 Å². The van der Waals surface area contributed by atoms with Crippen LogP contribution in [0.3, 0.4) is 0 Å². The van der Waals surface area contributed by atoms with Crippen molar-refractivity contribution in [2.24, 2.45) is 0 Å². The van der Waals surface area contributed by atoms with E-state index in [4.69, 9.17) is 4.42 Å². The van der Waals surface area contributed by atoms with Crippen LogP contribution in [0.4, 0.5) is 6.01 Å². The van der Waals surface area contributed by atoms with Crippen molar-refractivity contribution in [3.05, 3.63) is 65.5 Å². The zero-order valence-corrected chi connectivity index (χ0v) is 17.9. The highest BCUT2D eigenvalue weighted by Crippen LogP contribution is 2.24. The van der Waals surface area contributed by atoms with Gasteiger partial charge in [-0.3, -0.25) is 10.1 Å². The SMILES string of the molecule is CC(C)Sc1ccc(Cc2nnc(NC(=O)c3ccccc3S(C)(=O)=O)o2)cc1. The van der Waals surface area contributed by atoms with Gasteiger partial charge < -0.3 is 4.42 Å². The third-order valence-corrected chi connectivity index (χ3v) is 6.04.